The predicted molar refractivity (Wildman–Crippen MR) is 84.9 cm³/mol. The van der Waals surface area contributed by atoms with Gasteiger partial charge in [0.15, 0.2) is 5.82 Å². The van der Waals surface area contributed by atoms with Crippen LogP contribution in [0.1, 0.15) is 31.0 Å². The lowest BCUT2D eigenvalue weighted by molar-refractivity contribution is 0.394. The first kappa shape index (κ1) is 15.6. The third kappa shape index (κ3) is 3.12. The standard InChI is InChI=1S/C14H19BrN4O2/c1-8(2)13-14(16)17-18-19(13)7-9-5-12(21-4)10(15)6-11(9)20-3/h5-6,8H,7,16H2,1-4H3. The summed E-state index contributed by atoms with van der Waals surface area (Å²) in [5.74, 6) is 2.20. The van der Waals surface area contributed by atoms with Crippen molar-refractivity contribution < 1.29 is 9.47 Å². The lowest BCUT2D eigenvalue weighted by atomic mass is 10.1. The summed E-state index contributed by atoms with van der Waals surface area (Å²) in [5, 5.41) is 8.08. The normalized spacial score (nSPS) is 11.0. The van der Waals surface area contributed by atoms with Gasteiger partial charge in [0.1, 0.15) is 11.5 Å². The van der Waals surface area contributed by atoms with Crippen molar-refractivity contribution >= 4 is 21.7 Å². The van der Waals surface area contributed by atoms with Gasteiger partial charge in [-0.05, 0) is 34.0 Å². The largest absolute Gasteiger partial charge is 0.496 e. The molecule has 0 saturated heterocycles. The van der Waals surface area contributed by atoms with Gasteiger partial charge >= 0.3 is 0 Å². The minimum absolute atomic E-state index is 0.239. The van der Waals surface area contributed by atoms with E-state index in [0.717, 1.165) is 27.2 Å². The molecule has 2 aromatic rings. The van der Waals surface area contributed by atoms with Crippen molar-refractivity contribution in [3.05, 3.63) is 27.9 Å². The van der Waals surface area contributed by atoms with Gasteiger partial charge in [-0.1, -0.05) is 19.1 Å². The molecule has 0 aliphatic carbocycles. The number of rotatable bonds is 5. The van der Waals surface area contributed by atoms with Gasteiger partial charge in [0.2, 0.25) is 0 Å². The topological polar surface area (TPSA) is 75.2 Å². The monoisotopic (exact) mass is 354 g/mol. The highest BCUT2D eigenvalue weighted by Crippen LogP contribution is 2.33. The molecule has 0 bridgehead atoms. The quantitative estimate of drug-likeness (QED) is 0.893. The van der Waals surface area contributed by atoms with E-state index in [1.54, 1.807) is 18.9 Å². The van der Waals surface area contributed by atoms with Crippen LogP contribution in [0.2, 0.25) is 0 Å². The van der Waals surface area contributed by atoms with Crippen LogP contribution in [0, 0.1) is 0 Å². The molecule has 2 N–H and O–H groups in total. The summed E-state index contributed by atoms with van der Waals surface area (Å²) in [4.78, 5) is 0. The Morgan fingerprint density at radius 2 is 1.90 bits per heavy atom. The second-order valence-corrected chi connectivity index (χ2v) is 5.83. The minimum atomic E-state index is 0.239. The number of benzene rings is 1. The van der Waals surface area contributed by atoms with E-state index in [-0.39, 0.29) is 5.92 Å². The molecule has 114 valence electrons. The number of hydrogen-bond acceptors (Lipinski definition) is 5. The third-order valence-corrected chi connectivity index (χ3v) is 3.84. The van der Waals surface area contributed by atoms with Gasteiger partial charge in [0, 0.05) is 5.56 Å². The van der Waals surface area contributed by atoms with Crippen molar-refractivity contribution in [3.8, 4) is 11.5 Å². The van der Waals surface area contributed by atoms with E-state index < -0.39 is 0 Å². The number of nitrogens with zero attached hydrogens (tertiary/aromatic N) is 3. The Morgan fingerprint density at radius 1 is 1.24 bits per heavy atom. The number of aromatic nitrogens is 3. The van der Waals surface area contributed by atoms with Crippen molar-refractivity contribution in [2.75, 3.05) is 20.0 Å². The predicted octanol–water partition coefficient (Wildman–Crippen LogP) is 2.81. The fourth-order valence-electron chi connectivity index (χ4n) is 2.25. The number of methoxy groups -OCH3 is 2. The molecule has 1 heterocycles. The van der Waals surface area contributed by atoms with Gasteiger partial charge < -0.3 is 15.2 Å². The summed E-state index contributed by atoms with van der Waals surface area (Å²) < 4.78 is 13.4. The molecule has 2 rings (SSSR count). The molecule has 0 spiro atoms. The molecule has 0 aliphatic heterocycles. The van der Waals surface area contributed by atoms with Crippen LogP contribution >= 0.6 is 15.9 Å². The molecule has 7 heteroatoms. The summed E-state index contributed by atoms with van der Waals surface area (Å²) in [6.07, 6.45) is 0. The number of halogens is 1. The van der Waals surface area contributed by atoms with Crippen LogP contribution in [-0.2, 0) is 6.54 Å². The van der Waals surface area contributed by atoms with Gasteiger partial charge in [-0.3, -0.25) is 0 Å². The molecule has 21 heavy (non-hydrogen) atoms. The molecular formula is C14H19BrN4O2. The van der Waals surface area contributed by atoms with Crippen LogP contribution in [0.4, 0.5) is 5.82 Å². The van der Waals surface area contributed by atoms with Crippen molar-refractivity contribution in [3.63, 3.8) is 0 Å². The smallest absolute Gasteiger partial charge is 0.169 e. The maximum Gasteiger partial charge on any atom is 0.169 e. The molecule has 1 aromatic carbocycles. The Hall–Kier alpha value is -1.76. The second-order valence-electron chi connectivity index (χ2n) is 4.97. The number of nitrogen functional groups attached to an aromatic ring is 1. The zero-order valence-electron chi connectivity index (χ0n) is 12.6. The number of anilines is 1. The van der Waals surface area contributed by atoms with Crippen LogP contribution in [0.25, 0.3) is 0 Å². The van der Waals surface area contributed by atoms with Gasteiger partial charge in [-0.15, -0.1) is 5.10 Å². The van der Waals surface area contributed by atoms with Crippen LogP contribution < -0.4 is 15.2 Å². The third-order valence-electron chi connectivity index (χ3n) is 3.22. The van der Waals surface area contributed by atoms with E-state index in [0.29, 0.717) is 12.4 Å². The summed E-state index contributed by atoms with van der Waals surface area (Å²) >= 11 is 3.45. The highest BCUT2D eigenvalue weighted by Gasteiger charge is 2.17. The highest BCUT2D eigenvalue weighted by atomic mass is 79.9. The fourth-order valence-corrected chi connectivity index (χ4v) is 2.74. The first-order chi connectivity index (χ1) is 9.97. The highest BCUT2D eigenvalue weighted by molar-refractivity contribution is 9.10. The lowest BCUT2D eigenvalue weighted by Crippen LogP contribution is -2.10. The Balaban J connectivity index is 2.44. The van der Waals surface area contributed by atoms with E-state index in [2.05, 4.69) is 40.1 Å². The van der Waals surface area contributed by atoms with Crippen LogP contribution in [0.3, 0.4) is 0 Å². The summed E-state index contributed by atoms with van der Waals surface area (Å²) in [6, 6.07) is 3.80. The summed E-state index contributed by atoms with van der Waals surface area (Å²) in [5.41, 5.74) is 7.75. The fraction of sp³-hybridized carbons (Fsp3) is 0.429. The van der Waals surface area contributed by atoms with Gasteiger partial charge in [-0.25, -0.2) is 4.68 Å². The average Bonchev–Trinajstić information content (AvgIpc) is 2.81. The van der Waals surface area contributed by atoms with E-state index in [1.165, 1.54) is 0 Å². The Kier molecular flexibility index (Phi) is 4.72. The molecule has 1 aromatic heterocycles. The SMILES string of the molecule is COc1cc(Cn2nnc(N)c2C(C)C)c(OC)cc1Br. The summed E-state index contributed by atoms with van der Waals surface area (Å²) in [7, 11) is 3.26. The van der Waals surface area contributed by atoms with Crippen LogP contribution in [0.5, 0.6) is 11.5 Å². The molecule has 0 amide bonds. The minimum Gasteiger partial charge on any atom is -0.496 e. The molecule has 0 aliphatic rings. The van der Waals surface area contributed by atoms with Crippen molar-refractivity contribution in [1.82, 2.24) is 15.0 Å². The maximum atomic E-state index is 5.89. The molecule has 0 radical (unpaired) electrons. The van der Waals surface area contributed by atoms with E-state index in [9.17, 15) is 0 Å². The molecular weight excluding hydrogens is 336 g/mol. The van der Waals surface area contributed by atoms with Gasteiger partial charge in [-0.2, -0.15) is 0 Å². The second kappa shape index (κ2) is 6.34. The Labute approximate surface area is 132 Å². The van der Waals surface area contributed by atoms with Crippen molar-refractivity contribution in [1.29, 1.82) is 0 Å². The zero-order valence-corrected chi connectivity index (χ0v) is 14.1. The van der Waals surface area contributed by atoms with Crippen molar-refractivity contribution in [2.45, 2.75) is 26.3 Å². The Morgan fingerprint density at radius 3 is 2.48 bits per heavy atom. The molecule has 0 saturated carbocycles. The first-order valence-corrected chi connectivity index (χ1v) is 7.36. The van der Waals surface area contributed by atoms with Gasteiger partial charge in [0.05, 0.1) is 30.9 Å². The van der Waals surface area contributed by atoms with Crippen LogP contribution in [0.15, 0.2) is 16.6 Å². The number of ether oxygens (including phenoxy) is 2. The average molecular weight is 355 g/mol. The van der Waals surface area contributed by atoms with Crippen molar-refractivity contribution in [2.24, 2.45) is 0 Å². The number of nitrogens with two attached hydrogens (primary N) is 1. The molecule has 0 unspecified atom stereocenters. The first-order valence-electron chi connectivity index (χ1n) is 6.57. The van der Waals surface area contributed by atoms with Crippen LogP contribution in [-0.4, -0.2) is 29.2 Å². The summed E-state index contributed by atoms with van der Waals surface area (Å²) in [6.45, 7) is 4.64. The lowest BCUT2D eigenvalue weighted by Gasteiger charge is -2.14. The van der Waals surface area contributed by atoms with E-state index >= 15 is 0 Å². The van der Waals surface area contributed by atoms with E-state index in [1.807, 2.05) is 12.1 Å². The maximum absolute atomic E-state index is 5.89. The van der Waals surface area contributed by atoms with E-state index in [4.69, 9.17) is 15.2 Å². The zero-order chi connectivity index (χ0) is 15.6. The molecule has 6 nitrogen and oxygen atoms in total. The molecule has 0 atom stereocenters. The van der Waals surface area contributed by atoms with Gasteiger partial charge in [0.25, 0.3) is 0 Å². The Bertz CT molecular complexity index is 640. The molecule has 0 fully saturated rings. The number of hydrogen-bond donors (Lipinski definition) is 1.